The van der Waals surface area contributed by atoms with Crippen molar-refractivity contribution < 1.29 is 339 Å². The van der Waals surface area contributed by atoms with Crippen LogP contribution in [-0.2, 0) is 130 Å². The van der Waals surface area contributed by atoms with E-state index in [1.165, 1.54) is 0 Å². The van der Waals surface area contributed by atoms with Crippen molar-refractivity contribution in [3.05, 3.63) is 0 Å². The molecule has 0 aromatic carbocycles. The molecule has 21 fully saturated rings. The molecule has 0 amide bonds. The molecule has 35 atom stereocenters. The highest BCUT2D eigenvalue weighted by Gasteiger charge is 2.63. The van der Waals surface area contributed by atoms with Gasteiger partial charge in [-0.15, -0.1) is 0 Å². The van der Waals surface area contributed by atoms with Gasteiger partial charge in [-0.3, -0.25) is 63.9 Å². The minimum atomic E-state index is -5.96. The Hall–Kier alpha value is 3.43. The Bertz CT molecular complexity index is 4020. The van der Waals surface area contributed by atoms with E-state index in [1.54, 1.807) is 0 Å². The largest absolute Gasteiger partial charge is 0.387 e. The molecule has 21 heterocycles. The van der Waals surface area contributed by atoms with Crippen LogP contribution in [0, 0.1) is 0 Å². The number of hydrogen-bond acceptors (Lipinski definition) is 49. The van der Waals surface area contributed by atoms with E-state index in [1.807, 2.05) is 0 Å². The molecule has 42 N–H and O–H groups in total. The molecule has 70 nitrogen and oxygen atoms in total. The molecule has 0 aromatic heterocycles. The van der Waals surface area contributed by atoms with Crippen molar-refractivity contribution >= 4 is 189 Å². The fourth-order valence-corrected chi connectivity index (χ4v) is 47.3. The third kappa shape index (κ3) is 36.7. The monoisotopic (exact) mass is 2560 g/mol. The quantitative estimate of drug-likeness (QED) is 0.0252. The van der Waals surface area contributed by atoms with Crippen molar-refractivity contribution in [1.29, 1.82) is 0 Å². The maximum absolute atomic E-state index is 12.7. The maximum Gasteiger partial charge on any atom is 0.341 e. The van der Waals surface area contributed by atoms with Crippen LogP contribution in [0.4, 0.5) is 0 Å². The van der Waals surface area contributed by atoms with Crippen molar-refractivity contribution in [3.63, 3.8) is 0 Å². The first-order valence-electron chi connectivity index (χ1n) is 41.1. The summed E-state index contributed by atoms with van der Waals surface area (Å²) in [6.45, 7) is 0. The first kappa shape index (κ1) is 136. The predicted octanol–water partition coefficient (Wildman–Crippen LogP) is -12.3. The Kier molecular flexibility index (Phi) is 49.2. The van der Waals surface area contributed by atoms with Gasteiger partial charge >= 0.3 is 106 Å². The fourth-order valence-electron chi connectivity index (χ4n) is 15.1. The minimum absolute atomic E-state index is 0.0418. The van der Waals surface area contributed by atoms with Gasteiger partial charge in [-0.2, -0.15) is 82.3 Å². The van der Waals surface area contributed by atoms with E-state index in [9.17, 15) is 272 Å². The number of rotatable bonds is 42. The maximum atomic E-state index is 12.7. The lowest BCUT2D eigenvalue weighted by molar-refractivity contribution is -0.389. The molecule has 0 aromatic rings. The van der Waals surface area contributed by atoms with E-state index in [0.29, 0.717) is 0 Å². The van der Waals surface area contributed by atoms with Crippen LogP contribution in [0.3, 0.4) is 0 Å². The molecular weight excluding hydrogens is 2450 g/mol. The lowest BCUT2D eigenvalue weighted by Crippen LogP contribution is -2.68. The van der Waals surface area contributed by atoms with Gasteiger partial charge in [-0.25, -0.2) is 0 Å². The summed E-state index contributed by atoms with van der Waals surface area (Å²) in [5.41, 5.74) is 0. The van der Waals surface area contributed by atoms with Gasteiger partial charge in [0.25, 0.3) is 0 Å². The zero-order chi connectivity index (χ0) is 112. The van der Waals surface area contributed by atoms with E-state index < -0.39 is 440 Å². The van der Waals surface area contributed by atoms with Crippen molar-refractivity contribution in [2.75, 3.05) is 80.5 Å². The first-order valence-corrected chi connectivity index (χ1v) is 72.7. The highest BCUT2D eigenvalue weighted by atomic mass is 32.2. The van der Waals surface area contributed by atoms with Crippen LogP contribution in [0.2, 0.25) is 0 Å². The number of aliphatic hydroxyl groups excluding tert-OH is 14. The SMILES string of the molecule is O=P(O)(O)C(CSC[C@H]1O[C@@H]2O[C@H]3[C@H](O)[C@@H](O)[C@@H](O[C@H]4[C@H](O)[C@@H](O)[C@@H](O[C@H]5[C@H](O)[C@@H](O)[C@@H](O[C@H]6[C@H](O)[C@@H](O)[C@@H](O[C@H]7[C@H](O)[C@@H](O)[C@@H](O[C@H]8[C@H](O)[C@@H](O)[C@@H](O[C@H]1[C@H](O)[C@H]2O)O[C@@H]8CSCC(P(=O)(O)O)P(=O)(O)O)O[C@@H]7CSCC(P(=O)(O)O)P(=O)(O)O)O[C@@H]6CSCC(P(=O)(O)O)P(=O)(O)O)O[C@@H]5CSCC(P(=O)(O)O)P(=O)(O)O)O[C@@H]4CSCC(P(=O)(O)O)P(=O)(O)O)O[C@@H]3CSCC(P(=O)(O)O)P(=O)(O)O)P(=O)(O)O. The Balaban J connectivity index is 1.36. The van der Waals surface area contributed by atoms with Gasteiger partial charge in [-0.05, 0) is 0 Å². The van der Waals surface area contributed by atoms with Crippen LogP contribution in [-0.4, -0.2) is 542 Å². The zero-order valence-electron chi connectivity index (χ0n) is 73.5. The summed E-state index contributed by atoms with van der Waals surface area (Å²) < 4.78 is 261. The molecule has 0 spiro atoms. The van der Waals surface area contributed by atoms with Crippen LogP contribution < -0.4 is 0 Å². The summed E-state index contributed by atoms with van der Waals surface area (Å²) in [6, 6.07) is 0. The number of thioether (sulfide) groups is 7. The molecule has 0 aliphatic carbocycles. The van der Waals surface area contributed by atoms with Crippen LogP contribution in [0.5, 0.6) is 0 Å². The van der Waals surface area contributed by atoms with Gasteiger partial charge in [-0.1, -0.05) is 0 Å². The van der Waals surface area contributed by atoms with E-state index in [0.717, 1.165) is 0 Å². The Morgan fingerprint density at radius 3 is 0.299 bits per heavy atom. The van der Waals surface area contributed by atoms with Crippen molar-refractivity contribution in [1.82, 2.24) is 0 Å². The topological polar surface area (TPSA) is 1220 Å². The highest BCUT2D eigenvalue weighted by molar-refractivity contribution is 8.02. The molecule has 0 radical (unpaired) electrons. The van der Waals surface area contributed by atoms with Gasteiger partial charge in [0.15, 0.2) is 81.8 Å². The third-order valence-electron chi connectivity index (χ3n) is 22.8. The van der Waals surface area contributed by atoms with Crippen molar-refractivity contribution in [3.8, 4) is 0 Å². The van der Waals surface area contributed by atoms with Crippen LogP contribution in [0.15, 0.2) is 0 Å². The predicted molar refractivity (Wildman–Crippen MR) is 495 cm³/mol. The molecule has 21 aliphatic heterocycles. The fraction of sp³-hybridized carbons (Fsp3) is 1.00. The van der Waals surface area contributed by atoms with Gasteiger partial charge < -0.3 is 275 Å². The van der Waals surface area contributed by atoms with E-state index in [4.69, 9.17) is 66.3 Å². The number of ether oxygens (including phenoxy) is 14. The van der Waals surface area contributed by atoms with Gasteiger partial charge in [0, 0.05) is 80.5 Å². The Morgan fingerprint density at radius 2 is 0.224 bits per heavy atom. The molecule has 0 saturated carbocycles. The first-order chi connectivity index (χ1) is 66.6. The summed E-state index contributed by atoms with van der Waals surface area (Å²) in [5.74, 6) is -17.9. The smallest absolute Gasteiger partial charge is 0.341 e. The molecular formula is C56H112O70P14S7. The average Bonchev–Trinajstić information content (AvgIpc) is 0.805. The van der Waals surface area contributed by atoms with Crippen LogP contribution in [0.25, 0.3) is 0 Å². The normalized spacial score (nSPS) is 36.6. The molecule has 21 aliphatic rings. The van der Waals surface area contributed by atoms with E-state index >= 15 is 0 Å². The van der Waals surface area contributed by atoms with E-state index in [-0.39, 0.29) is 82.3 Å². The molecule has 0 unspecified atom stereocenters. The van der Waals surface area contributed by atoms with Crippen molar-refractivity contribution in [2.45, 2.75) is 253 Å². The van der Waals surface area contributed by atoms with Crippen LogP contribution in [0.1, 0.15) is 0 Å². The van der Waals surface area contributed by atoms with Crippen molar-refractivity contribution in [2.24, 2.45) is 0 Å². The zero-order valence-corrected chi connectivity index (χ0v) is 91.7. The number of aliphatic hydroxyl groups is 14. The summed E-state index contributed by atoms with van der Waals surface area (Å²) in [4.78, 5) is 284. The minimum Gasteiger partial charge on any atom is -0.387 e. The number of hydrogen-bond donors (Lipinski definition) is 42. The summed E-state index contributed by atoms with van der Waals surface area (Å²) in [7, 11) is -83.5. The Morgan fingerprint density at radius 1 is 0.143 bits per heavy atom. The average molecular weight is 2560 g/mol. The summed E-state index contributed by atoms with van der Waals surface area (Å²) in [5, 5.41) is 151. The molecule has 91 heteroatoms. The lowest BCUT2D eigenvalue weighted by atomic mass is 9.95. The van der Waals surface area contributed by atoms with Gasteiger partial charge in [0.2, 0.25) is 0 Å². The van der Waals surface area contributed by atoms with Gasteiger partial charge in [0.1, 0.15) is 128 Å². The highest BCUT2D eigenvalue weighted by Crippen LogP contribution is 2.67. The Labute approximate surface area is 855 Å². The van der Waals surface area contributed by atoms with Crippen LogP contribution >= 0.6 is 189 Å². The molecule has 21 rings (SSSR count). The standard InChI is InChI=1S/C56H112O70P14S7/c57-29-36(64)50-113-15(1-141-8-22(127(71,72)73)128(74,75)76)43(29)120-51-37(65)30(58)45(17(114-51)3-143-10-24(131(83,84)85)132(86,87)88)122-53-39(67)32(60)47(19(116-53)5-145-12-26(135(95,96)97)136(98,99)100)124-55-41(69)34(62)49(21(118-55)7-147-14-28(139(107,108)109)140(110,111)112)126-56-42(70)35(63)48(20(119-56)6-146-13-27(137(101,102)103)138(104,105)106)125-54-40(68)33(61)46(18(117-54)4-144-11-25(133(89,90)91)134(92,93)94)123-52-38(66)31(59)44(121-50)16(115-52)2-142-9-23(129(77,78)79)130(80,81)82/h15-70H,1-14H2,(H2,71,72,73)(H2,74,75,76)(H2,77,78,79)(H2,80,81,82)(H2,83,84,85)(H2,86,87,88)(H2,89,90,91)(H2,92,93,94)(H2,95,96,97)(H2,98,99,100)(H2,101,102,103)(H2,104,105,106)(H2,107,108,109)(H2,110,111,112)/t15-,16-,17-,18-,19-,20-,21-,29-,30-,31-,32-,33-,34-,35-,36-,37-,38-,39-,40-,41-,42-,43-,44-,45-,46-,47-,48-,49-,50-,51-,52-,53-,54-,55-,56-/m1/s1. The second-order valence-corrected chi connectivity index (χ2v) is 69.3. The molecule has 147 heavy (non-hydrogen) atoms. The molecule has 14 bridgehead atoms. The second-order valence-electron chi connectivity index (χ2n) is 33.7. The van der Waals surface area contributed by atoms with Gasteiger partial charge in [0.05, 0.1) is 42.7 Å². The molecule has 21 saturated heterocycles. The molecule has 868 valence electrons. The second kappa shape index (κ2) is 53.3. The van der Waals surface area contributed by atoms with E-state index in [2.05, 4.69) is 0 Å². The summed E-state index contributed by atoms with van der Waals surface area (Å²) >= 11 is 0.293. The third-order valence-corrected chi connectivity index (χ3v) is 60.3. The summed E-state index contributed by atoms with van der Waals surface area (Å²) in [6.07, 6.45) is -94.8. The lowest BCUT2D eigenvalue weighted by Gasteiger charge is -2.50.